The Balaban J connectivity index is 1.85. The van der Waals surface area contributed by atoms with Gasteiger partial charge in [-0.2, -0.15) is 5.10 Å². The zero-order chi connectivity index (χ0) is 15.1. The van der Waals surface area contributed by atoms with Crippen LogP contribution in [-0.2, 0) is 11.2 Å². The van der Waals surface area contributed by atoms with Crippen LogP contribution in [0.4, 0.5) is 0 Å². The molecular weight excluding hydrogens is 304 g/mol. The highest BCUT2D eigenvalue weighted by Crippen LogP contribution is 2.15. The molecule has 0 radical (unpaired) electrons. The van der Waals surface area contributed by atoms with Crippen LogP contribution in [0.25, 0.3) is 0 Å². The van der Waals surface area contributed by atoms with Gasteiger partial charge in [0.2, 0.25) is 5.91 Å². The molecule has 2 aromatic carbocycles. The zero-order valence-corrected chi connectivity index (χ0v) is 13.1. The Morgan fingerprint density at radius 2 is 1.86 bits per heavy atom. The number of benzene rings is 2. The van der Waals surface area contributed by atoms with Crippen molar-refractivity contribution in [2.24, 2.45) is 5.10 Å². The number of nitrogens with one attached hydrogen (secondary N) is 1. The van der Waals surface area contributed by atoms with Crippen LogP contribution in [0.2, 0.25) is 5.02 Å². The number of halogens is 1. The highest BCUT2D eigenvalue weighted by molar-refractivity contribution is 7.98. The van der Waals surface area contributed by atoms with Gasteiger partial charge in [0.25, 0.3) is 0 Å². The van der Waals surface area contributed by atoms with E-state index in [9.17, 15) is 4.79 Å². The van der Waals surface area contributed by atoms with Crippen LogP contribution in [0.5, 0.6) is 0 Å². The average molecular weight is 319 g/mol. The molecular formula is C16H15ClN2OS. The lowest BCUT2D eigenvalue weighted by Crippen LogP contribution is -2.19. The molecule has 0 saturated heterocycles. The van der Waals surface area contributed by atoms with Gasteiger partial charge in [-0.25, -0.2) is 5.43 Å². The van der Waals surface area contributed by atoms with Crippen molar-refractivity contribution >= 4 is 35.5 Å². The second kappa shape index (κ2) is 7.86. The first-order valence-electron chi connectivity index (χ1n) is 6.38. The van der Waals surface area contributed by atoms with Gasteiger partial charge in [-0.15, -0.1) is 11.8 Å². The molecule has 2 rings (SSSR count). The van der Waals surface area contributed by atoms with Gasteiger partial charge in [0.15, 0.2) is 0 Å². The number of hydrogen-bond acceptors (Lipinski definition) is 3. The van der Waals surface area contributed by atoms with E-state index in [4.69, 9.17) is 11.6 Å². The number of carbonyl (C=O) groups excluding carboxylic acids is 1. The van der Waals surface area contributed by atoms with Crippen LogP contribution >= 0.6 is 23.4 Å². The first-order valence-corrected chi connectivity index (χ1v) is 7.98. The van der Waals surface area contributed by atoms with Crippen LogP contribution in [0.15, 0.2) is 58.5 Å². The van der Waals surface area contributed by atoms with Gasteiger partial charge >= 0.3 is 0 Å². The van der Waals surface area contributed by atoms with Crippen molar-refractivity contribution in [3.8, 4) is 0 Å². The Labute approximate surface area is 133 Å². The van der Waals surface area contributed by atoms with Gasteiger partial charge in [-0.05, 0) is 41.6 Å². The third-order valence-corrected chi connectivity index (χ3v) is 3.79. The van der Waals surface area contributed by atoms with E-state index in [0.717, 1.165) is 11.1 Å². The standard InChI is InChI=1S/C16H15ClN2OS/c1-21-15-8-4-12(5-9-15)10-16(20)19-18-11-13-2-6-14(17)7-3-13/h2-9,11H,10H2,1H3,(H,19,20)/b18-11+. The van der Waals surface area contributed by atoms with Crippen molar-refractivity contribution in [3.63, 3.8) is 0 Å². The summed E-state index contributed by atoms with van der Waals surface area (Å²) >= 11 is 7.47. The fourth-order valence-corrected chi connectivity index (χ4v) is 2.23. The highest BCUT2D eigenvalue weighted by atomic mass is 35.5. The summed E-state index contributed by atoms with van der Waals surface area (Å²) in [6.45, 7) is 0. The minimum absolute atomic E-state index is 0.142. The average Bonchev–Trinajstić information content (AvgIpc) is 2.50. The monoisotopic (exact) mass is 318 g/mol. The van der Waals surface area contributed by atoms with Crippen LogP contribution in [0.1, 0.15) is 11.1 Å². The predicted molar refractivity (Wildman–Crippen MR) is 89.1 cm³/mol. The number of rotatable bonds is 5. The zero-order valence-electron chi connectivity index (χ0n) is 11.5. The summed E-state index contributed by atoms with van der Waals surface area (Å²) in [7, 11) is 0. The second-order valence-electron chi connectivity index (χ2n) is 4.37. The van der Waals surface area contributed by atoms with E-state index in [1.807, 2.05) is 42.7 Å². The Bertz CT molecular complexity index is 624. The van der Waals surface area contributed by atoms with E-state index in [2.05, 4.69) is 10.5 Å². The number of hydrazone groups is 1. The molecule has 0 saturated carbocycles. The molecule has 0 atom stereocenters. The molecule has 0 heterocycles. The topological polar surface area (TPSA) is 41.5 Å². The quantitative estimate of drug-likeness (QED) is 0.518. The summed E-state index contributed by atoms with van der Waals surface area (Å²) in [6.07, 6.45) is 3.92. The predicted octanol–water partition coefficient (Wildman–Crippen LogP) is 3.75. The second-order valence-corrected chi connectivity index (χ2v) is 5.69. The molecule has 0 fully saturated rings. The van der Waals surface area contributed by atoms with E-state index in [0.29, 0.717) is 11.4 Å². The first-order chi connectivity index (χ1) is 10.2. The third kappa shape index (κ3) is 5.25. The Morgan fingerprint density at radius 1 is 1.19 bits per heavy atom. The van der Waals surface area contributed by atoms with Crippen LogP contribution in [0, 0.1) is 0 Å². The maximum Gasteiger partial charge on any atom is 0.244 e. The Morgan fingerprint density at radius 3 is 2.48 bits per heavy atom. The highest BCUT2D eigenvalue weighted by Gasteiger charge is 2.02. The molecule has 0 bridgehead atoms. The lowest BCUT2D eigenvalue weighted by atomic mass is 10.1. The molecule has 3 nitrogen and oxygen atoms in total. The minimum Gasteiger partial charge on any atom is -0.273 e. The van der Waals surface area contributed by atoms with E-state index in [-0.39, 0.29) is 5.91 Å². The van der Waals surface area contributed by atoms with Crippen molar-refractivity contribution < 1.29 is 4.79 Å². The number of nitrogens with zero attached hydrogens (tertiary/aromatic N) is 1. The molecule has 108 valence electrons. The van der Waals surface area contributed by atoms with Crippen molar-refractivity contribution in [2.45, 2.75) is 11.3 Å². The summed E-state index contributed by atoms with van der Waals surface area (Å²) in [5.41, 5.74) is 4.36. The van der Waals surface area contributed by atoms with Crippen LogP contribution in [0.3, 0.4) is 0 Å². The van der Waals surface area contributed by atoms with Gasteiger partial charge in [0.1, 0.15) is 0 Å². The van der Waals surface area contributed by atoms with Gasteiger partial charge in [0.05, 0.1) is 12.6 Å². The molecule has 0 unspecified atom stereocenters. The molecule has 2 aromatic rings. The van der Waals surface area contributed by atoms with Crippen molar-refractivity contribution in [3.05, 3.63) is 64.7 Å². The van der Waals surface area contributed by atoms with Gasteiger partial charge in [0, 0.05) is 9.92 Å². The SMILES string of the molecule is CSc1ccc(CC(=O)N/N=C/c2ccc(Cl)cc2)cc1. The molecule has 1 N–H and O–H groups in total. The molecule has 21 heavy (non-hydrogen) atoms. The number of carbonyl (C=O) groups is 1. The number of amides is 1. The molecule has 5 heteroatoms. The van der Waals surface area contributed by atoms with E-state index in [1.54, 1.807) is 30.1 Å². The summed E-state index contributed by atoms with van der Waals surface area (Å²) in [5, 5.41) is 4.60. The lowest BCUT2D eigenvalue weighted by molar-refractivity contribution is -0.120. The normalized spacial score (nSPS) is 10.8. The van der Waals surface area contributed by atoms with E-state index in [1.165, 1.54) is 4.90 Å². The molecule has 0 aliphatic heterocycles. The van der Waals surface area contributed by atoms with Crippen molar-refractivity contribution in [1.82, 2.24) is 5.43 Å². The fourth-order valence-electron chi connectivity index (χ4n) is 1.70. The maximum atomic E-state index is 11.8. The lowest BCUT2D eigenvalue weighted by Gasteiger charge is -2.02. The van der Waals surface area contributed by atoms with E-state index < -0.39 is 0 Å². The minimum atomic E-state index is -0.142. The Kier molecular flexibility index (Phi) is 5.84. The molecule has 0 aromatic heterocycles. The summed E-state index contributed by atoms with van der Waals surface area (Å²) < 4.78 is 0. The molecule has 0 aliphatic carbocycles. The summed E-state index contributed by atoms with van der Waals surface area (Å²) in [5.74, 6) is -0.142. The smallest absolute Gasteiger partial charge is 0.244 e. The van der Waals surface area contributed by atoms with E-state index >= 15 is 0 Å². The Hall–Kier alpha value is -1.78. The van der Waals surface area contributed by atoms with Gasteiger partial charge in [-0.1, -0.05) is 35.9 Å². The first kappa shape index (κ1) is 15.6. The van der Waals surface area contributed by atoms with Gasteiger partial charge in [-0.3, -0.25) is 4.79 Å². The maximum absolute atomic E-state index is 11.8. The summed E-state index contributed by atoms with van der Waals surface area (Å²) in [4.78, 5) is 12.9. The third-order valence-electron chi connectivity index (χ3n) is 2.80. The van der Waals surface area contributed by atoms with Crippen molar-refractivity contribution in [1.29, 1.82) is 0 Å². The van der Waals surface area contributed by atoms with Crippen molar-refractivity contribution in [2.75, 3.05) is 6.26 Å². The number of thioether (sulfide) groups is 1. The van der Waals surface area contributed by atoms with Gasteiger partial charge < -0.3 is 0 Å². The van der Waals surface area contributed by atoms with Crippen LogP contribution in [-0.4, -0.2) is 18.4 Å². The molecule has 0 spiro atoms. The van der Waals surface area contributed by atoms with Crippen LogP contribution < -0.4 is 5.43 Å². The summed E-state index contributed by atoms with van der Waals surface area (Å²) in [6, 6.07) is 15.1. The fraction of sp³-hybridized carbons (Fsp3) is 0.125. The largest absolute Gasteiger partial charge is 0.273 e. The molecule has 1 amide bonds. The molecule has 0 aliphatic rings. The number of hydrogen-bond donors (Lipinski definition) is 1.